The average molecular weight is 668 g/mol. The highest BCUT2D eigenvalue weighted by atomic mass is 32.2. The van der Waals surface area contributed by atoms with Crippen molar-refractivity contribution in [1.29, 1.82) is 0 Å². The number of carbonyl (C=O) groups excluding carboxylic acids is 1. The van der Waals surface area contributed by atoms with Gasteiger partial charge in [-0.2, -0.15) is 8.78 Å². The number of likely N-dealkylation sites (tertiary alicyclic amines) is 1. The second kappa shape index (κ2) is 16.3. The van der Waals surface area contributed by atoms with Gasteiger partial charge in [-0.15, -0.1) is 0 Å². The highest BCUT2D eigenvalue weighted by Crippen LogP contribution is 2.42. The molecular weight excluding hydrogens is 616 g/mol. The van der Waals surface area contributed by atoms with E-state index >= 15 is 8.78 Å². The number of alkyl halides is 2. The fraction of sp³-hybridized carbons (Fsp3) is 0.553. The summed E-state index contributed by atoms with van der Waals surface area (Å²) in [4.78, 5) is 14.1. The first-order chi connectivity index (χ1) is 22.6. The van der Waals surface area contributed by atoms with Gasteiger partial charge in [0.1, 0.15) is 12.3 Å². The lowest BCUT2D eigenvalue weighted by molar-refractivity contribution is -0.208. The Morgan fingerprint density at radius 2 is 1.66 bits per heavy atom. The molecule has 2 aromatic carbocycles. The smallest absolute Gasteiger partial charge is 0.295 e. The number of piperidine rings is 1. The van der Waals surface area contributed by atoms with Crippen molar-refractivity contribution in [3.63, 3.8) is 0 Å². The van der Waals surface area contributed by atoms with Gasteiger partial charge in [0.2, 0.25) is 0 Å². The van der Waals surface area contributed by atoms with Gasteiger partial charge in [0.05, 0.1) is 6.10 Å². The zero-order valence-electron chi connectivity index (χ0n) is 27.7. The van der Waals surface area contributed by atoms with E-state index in [1.54, 1.807) is 18.2 Å². The Balaban J connectivity index is 0.000000417. The van der Waals surface area contributed by atoms with Crippen LogP contribution in [0.25, 0.3) is 11.1 Å². The van der Waals surface area contributed by atoms with E-state index in [2.05, 4.69) is 22.7 Å². The number of fused-ring (bicyclic) bond motifs is 1. The Morgan fingerprint density at radius 1 is 1.02 bits per heavy atom. The normalized spacial score (nSPS) is 27.6. The Morgan fingerprint density at radius 3 is 2.28 bits per heavy atom. The highest BCUT2D eigenvalue weighted by molar-refractivity contribution is 7.98. The van der Waals surface area contributed by atoms with Crippen LogP contribution in [0, 0.1) is 24.7 Å². The molecule has 256 valence electrons. The number of ether oxygens (including phenoxy) is 1. The molecule has 1 aliphatic heterocycles. The fourth-order valence-corrected chi connectivity index (χ4v) is 7.99. The van der Waals surface area contributed by atoms with E-state index in [9.17, 15) is 9.90 Å². The molecule has 4 N–H and O–H groups in total. The van der Waals surface area contributed by atoms with Gasteiger partial charge in [0.15, 0.2) is 5.79 Å². The lowest BCUT2D eigenvalue weighted by Crippen LogP contribution is -2.43. The summed E-state index contributed by atoms with van der Waals surface area (Å²) in [6.45, 7) is 5.36. The van der Waals surface area contributed by atoms with E-state index in [0.29, 0.717) is 6.42 Å². The van der Waals surface area contributed by atoms with Crippen LogP contribution in [0.2, 0.25) is 0 Å². The molecule has 1 heterocycles. The first kappa shape index (κ1) is 35.9. The molecule has 5 atom stereocenters. The number of aryl methyl sites for hydroxylation is 1. The fourth-order valence-electron chi connectivity index (χ4n) is 6.98. The molecule has 6 rings (SSSR count). The first-order valence-electron chi connectivity index (χ1n) is 17.2. The lowest BCUT2D eigenvalue weighted by Gasteiger charge is -2.40. The molecule has 0 amide bonds. The molecule has 47 heavy (non-hydrogen) atoms. The average Bonchev–Trinajstić information content (AvgIpc) is 3.58. The predicted molar refractivity (Wildman–Crippen MR) is 187 cm³/mol. The van der Waals surface area contributed by atoms with Crippen molar-refractivity contribution in [3.8, 4) is 11.1 Å². The Hall–Kier alpha value is -2.40. The van der Waals surface area contributed by atoms with Gasteiger partial charge in [-0.1, -0.05) is 97.1 Å². The molecule has 0 bridgehead atoms. The van der Waals surface area contributed by atoms with Crippen LogP contribution >= 0.6 is 11.9 Å². The number of carbonyl (C=O) groups is 1. The maximum Gasteiger partial charge on any atom is 0.295 e. The van der Waals surface area contributed by atoms with Crippen LogP contribution in [-0.2, 0) is 15.5 Å². The molecule has 2 fully saturated rings. The van der Waals surface area contributed by atoms with Crippen LogP contribution in [0.1, 0.15) is 62.5 Å². The number of nitrogens with one attached hydrogen (secondary N) is 1. The van der Waals surface area contributed by atoms with Gasteiger partial charge < -0.3 is 25.3 Å². The molecule has 3 unspecified atom stereocenters. The maximum absolute atomic E-state index is 15.3. The molecule has 1 saturated heterocycles. The molecule has 9 heteroatoms. The summed E-state index contributed by atoms with van der Waals surface area (Å²) in [6, 6.07) is 12.3. The third-order valence-corrected chi connectivity index (χ3v) is 11.2. The number of nitrogens with two attached hydrogens (primary N) is 1. The number of aldehydes is 1. The third kappa shape index (κ3) is 9.61. The second-order valence-electron chi connectivity index (χ2n) is 13.8. The number of hydrogen-bond donors (Lipinski definition) is 3. The molecule has 0 radical (unpaired) electrons. The number of halogens is 2. The number of nitrogens with zero attached hydrogens (tertiary/aromatic N) is 1. The van der Waals surface area contributed by atoms with Crippen molar-refractivity contribution in [2.24, 2.45) is 23.5 Å². The van der Waals surface area contributed by atoms with Crippen molar-refractivity contribution in [2.75, 3.05) is 26.7 Å². The van der Waals surface area contributed by atoms with Crippen molar-refractivity contribution < 1.29 is 23.4 Å². The van der Waals surface area contributed by atoms with Crippen LogP contribution in [0.15, 0.2) is 72.8 Å². The summed E-state index contributed by atoms with van der Waals surface area (Å²) in [5.74, 6) is -3.46. The molecule has 3 aliphatic carbocycles. The minimum absolute atomic E-state index is 0.0648. The summed E-state index contributed by atoms with van der Waals surface area (Å²) in [5.41, 5.74) is 8.26. The van der Waals surface area contributed by atoms with E-state index in [0.717, 1.165) is 73.2 Å². The van der Waals surface area contributed by atoms with E-state index in [4.69, 9.17) is 10.5 Å². The maximum atomic E-state index is 15.3. The zero-order chi connectivity index (χ0) is 33.4. The monoisotopic (exact) mass is 667 g/mol. The van der Waals surface area contributed by atoms with E-state index in [1.807, 2.05) is 43.3 Å². The summed E-state index contributed by atoms with van der Waals surface area (Å²) >= 11 is 1.16. The van der Waals surface area contributed by atoms with Crippen LogP contribution in [-0.4, -0.2) is 66.2 Å². The Bertz CT molecular complexity index is 1340. The number of benzene rings is 2. The lowest BCUT2D eigenvalue weighted by atomic mass is 9.76. The quantitative estimate of drug-likeness (QED) is 0.109. The van der Waals surface area contributed by atoms with Crippen molar-refractivity contribution in [3.05, 3.63) is 84.0 Å². The van der Waals surface area contributed by atoms with Crippen molar-refractivity contribution >= 4 is 18.2 Å². The molecule has 6 nitrogen and oxygen atoms in total. The van der Waals surface area contributed by atoms with E-state index in [-0.39, 0.29) is 35.0 Å². The Labute approximate surface area is 283 Å². The SMILES string of the molecule is CN1CCC(CN)CC1.Cc1ccc(-c2ccc(C(F)(F)[C@@H](C=O)NSC3C=CC4C[C@@](O)(OC5CCCC5)C=CC4C3)cc2)cc1. The minimum atomic E-state index is -3.36. The van der Waals surface area contributed by atoms with Gasteiger partial charge in [0.25, 0.3) is 5.92 Å². The van der Waals surface area contributed by atoms with Crippen LogP contribution in [0.4, 0.5) is 8.78 Å². The van der Waals surface area contributed by atoms with Crippen molar-refractivity contribution in [1.82, 2.24) is 9.62 Å². The third-order valence-electron chi connectivity index (χ3n) is 10.1. The van der Waals surface area contributed by atoms with Gasteiger partial charge in [-0.3, -0.25) is 0 Å². The van der Waals surface area contributed by atoms with E-state index < -0.39 is 17.8 Å². The van der Waals surface area contributed by atoms with Gasteiger partial charge in [0, 0.05) is 17.2 Å². The van der Waals surface area contributed by atoms with Crippen molar-refractivity contribution in [2.45, 2.75) is 87.4 Å². The van der Waals surface area contributed by atoms with Gasteiger partial charge >= 0.3 is 0 Å². The molecule has 4 aliphatic rings. The van der Waals surface area contributed by atoms with Gasteiger partial charge in [-0.05, 0) is 101 Å². The molecular formula is C38H51F2N3O3S. The largest absolute Gasteiger partial charge is 0.362 e. The van der Waals surface area contributed by atoms with E-state index in [1.165, 1.54) is 38.1 Å². The predicted octanol–water partition coefficient (Wildman–Crippen LogP) is 7.01. The van der Waals surface area contributed by atoms with Crippen LogP contribution in [0.5, 0.6) is 0 Å². The molecule has 1 saturated carbocycles. The number of hydrogen-bond acceptors (Lipinski definition) is 7. The number of allylic oxidation sites excluding steroid dienone is 2. The molecule has 2 aromatic rings. The number of rotatable bonds is 10. The zero-order valence-corrected chi connectivity index (χ0v) is 28.5. The van der Waals surface area contributed by atoms with Crippen LogP contribution in [0.3, 0.4) is 0 Å². The molecule has 0 spiro atoms. The summed E-state index contributed by atoms with van der Waals surface area (Å²) in [7, 11) is 2.17. The first-order valence-corrected chi connectivity index (χ1v) is 18.0. The molecule has 0 aromatic heterocycles. The number of aliphatic hydroxyl groups is 1. The topological polar surface area (TPSA) is 87.8 Å². The summed E-state index contributed by atoms with van der Waals surface area (Å²) in [5, 5.41) is 10.9. The van der Waals surface area contributed by atoms with Gasteiger partial charge in [-0.25, -0.2) is 4.72 Å². The summed E-state index contributed by atoms with van der Waals surface area (Å²) in [6.07, 6.45) is 16.3. The standard InChI is InChI=1S/C31H35F2NO3S.C7H16N2/c1-21-6-8-22(9-7-21)23-10-13-26(14-11-23)31(32,33)29(20-35)34-38-28-15-12-25-19-30(36,17-16-24(25)18-28)37-27-4-2-3-5-27;1-9-4-2-7(6-8)3-5-9/h6-17,20,24-25,27-29,34,36H,2-5,18-19H2,1H3;7H,2-6,8H2,1H3/t24?,25?,28?,29-,30+;/m1./s1. The highest BCUT2D eigenvalue weighted by Gasteiger charge is 2.43. The summed E-state index contributed by atoms with van der Waals surface area (Å²) < 4.78 is 39.4. The minimum Gasteiger partial charge on any atom is -0.362 e. The van der Waals surface area contributed by atoms with Crippen LogP contribution < -0.4 is 10.5 Å². The second-order valence-corrected chi connectivity index (χ2v) is 14.9. The Kier molecular flexibility index (Phi) is 12.5.